The molecule has 1 atom stereocenters. The lowest BCUT2D eigenvalue weighted by molar-refractivity contribution is -0.141. The molecular weight excluding hydrogens is 464 g/mol. The minimum atomic E-state index is -0.299. The molecular formula is C24H27BrO4S. The van der Waals surface area contributed by atoms with Crippen LogP contribution >= 0.6 is 27.7 Å². The van der Waals surface area contributed by atoms with Crippen LogP contribution in [-0.2, 0) is 20.7 Å². The van der Waals surface area contributed by atoms with E-state index in [1.807, 2.05) is 42.1 Å². The molecule has 6 heteroatoms. The minimum absolute atomic E-state index is 0.0753. The van der Waals surface area contributed by atoms with Crippen LogP contribution in [0.3, 0.4) is 0 Å². The van der Waals surface area contributed by atoms with Gasteiger partial charge >= 0.3 is 11.9 Å². The Hall–Kier alpha value is -1.79. The van der Waals surface area contributed by atoms with Crippen molar-refractivity contribution >= 4 is 39.6 Å². The number of hydrogen-bond acceptors (Lipinski definition) is 5. The molecule has 3 rings (SSSR count). The maximum absolute atomic E-state index is 12.1. The summed E-state index contributed by atoms with van der Waals surface area (Å²) in [5, 5.41) is 0.267. The molecule has 0 amide bonds. The number of carbonyl (C=O) groups is 2. The van der Waals surface area contributed by atoms with Crippen molar-refractivity contribution in [3.8, 4) is 0 Å². The molecule has 1 aliphatic rings. The number of methoxy groups -OCH3 is 2. The summed E-state index contributed by atoms with van der Waals surface area (Å²) in [5.74, 6) is 0.504. The summed E-state index contributed by atoms with van der Waals surface area (Å²) in [5.41, 5.74) is 2.95. The SMILES string of the molecule is COC(=O)CC1(CSC(CCc2ccccc2C(=O)OC)c2cccc(Br)c2)CC1. The van der Waals surface area contributed by atoms with Crippen LogP contribution in [0.4, 0.5) is 0 Å². The number of benzene rings is 2. The second-order valence-corrected chi connectivity index (χ2v) is 9.90. The van der Waals surface area contributed by atoms with Gasteiger partial charge in [-0.3, -0.25) is 4.79 Å². The molecule has 1 saturated carbocycles. The van der Waals surface area contributed by atoms with Crippen LogP contribution in [-0.4, -0.2) is 31.9 Å². The van der Waals surface area contributed by atoms with Crippen molar-refractivity contribution in [1.82, 2.24) is 0 Å². The second-order valence-electron chi connectivity index (χ2n) is 7.79. The van der Waals surface area contributed by atoms with Crippen molar-refractivity contribution in [2.45, 2.75) is 37.4 Å². The molecule has 160 valence electrons. The first kappa shape index (κ1) is 22.9. The lowest BCUT2D eigenvalue weighted by Crippen LogP contribution is -2.14. The molecule has 0 saturated heterocycles. The molecule has 4 nitrogen and oxygen atoms in total. The van der Waals surface area contributed by atoms with Gasteiger partial charge in [0, 0.05) is 15.5 Å². The number of halogens is 1. The zero-order valence-electron chi connectivity index (χ0n) is 17.4. The second kappa shape index (κ2) is 10.5. The van der Waals surface area contributed by atoms with Crippen LogP contribution in [0.1, 0.15) is 52.4 Å². The Bertz CT molecular complexity index is 894. The van der Waals surface area contributed by atoms with Gasteiger partial charge in [0.2, 0.25) is 0 Å². The first-order chi connectivity index (χ1) is 14.5. The van der Waals surface area contributed by atoms with Crippen molar-refractivity contribution in [3.05, 3.63) is 69.7 Å². The summed E-state index contributed by atoms with van der Waals surface area (Å²) in [6.07, 6.45) is 4.31. The van der Waals surface area contributed by atoms with Crippen molar-refractivity contribution < 1.29 is 19.1 Å². The van der Waals surface area contributed by atoms with Crippen molar-refractivity contribution in [2.75, 3.05) is 20.0 Å². The highest BCUT2D eigenvalue weighted by atomic mass is 79.9. The van der Waals surface area contributed by atoms with Gasteiger partial charge in [-0.1, -0.05) is 46.3 Å². The summed E-state index contributed by atoms with van der Waals surface area (Å²) in [6.45, 7) is 0. The van der Waals surface area contributed by atoms with Gasteiger partial charge in [0.15, 0.2) is 0 Å². The molecule has 0 aliphatic heterocycles. The number of carbonyl (C=O) groups excluding carboxylic acids is 2. The summed E-state index contributed by atoms with van der Waals surface area (Å²) in [4.78, 5) is 23.9. The Balaban J connectivity index is 1.73. The largest absolute Gasteiger partial charge is 0.469 e. The third-order valence-corrected chi connectivity index (χ3v) is 7.80. The van der Waals surface area contributed by atoms with Gasteiger partial charge in [-0.15, -0.1) is 0 Å². The van der Waals surface area contributed by atoms with E-state index in [-0.39, 0.29) is 22.6 Å². The van der Waals surface area contributed by atoms with Gasteiger partial charge in [-0.25, -0.2) is 4.79 Å². The summed E-state index contributed by atoms with van der Waals surface area (Å²) >= 11 is 5.48. The molecule has 2 aromatic rings. The molecule has 0 N–H and O–H groups in total. The molecule has 0 heterocycles. The fourth-order valence-corrected chi connectivity index (χ4v) is 5.58. The van der Waals surface area contributed by atoms with Crippen LogP contribution in [0, 0.1) is 5.41 Å². The quantitative estimate of drug-likeness (QED) is 0.383. The van der Waals surface area contributed by atoms with Crippen molar-refractivity contribution in [2.24, 2.45) is 5.41 Å². The number of esters is 2. The third kappa shape index (κ3) is 6.11. The number of hydrogen-bond donors (Lipinski definition) is 0. The summed E-state index contributed by atoms with van der Waals surface area (Å²) in [6, 6.07) is 16.0. The number of thioether (sulfide) groups is 1. The topological polar surface area (TPSA) is 52.6 Å². The summed E-state index contributed by atoms with van der Waals surface area (Å²) in [7, 11) is 2.87. The molecule has 0 aromatic heterocycles. The Kier molecular flexibility index (Phi) is 8.00. The fraction of sp³-hybridized carbons (Fsp3) is 0.417. The van der Waals surface area contributed by atoms with Gasteiger partial charge in [0.05, 0.1) is 26.2 Å². The zero-order chi connectivity index (χ0) is 21.6. The Morgan fingerprint density at radius 2 is 1.87 bits per heavy atom. The molecule has 0 bridgehead atoms. The first-order valence-corrected chi connectivity index (χ1v) is 11.9. The van der Waals surface area contributed by atoms with E-state index in [2.05, 4.69) is 34.1 Å². The van der Waals surface area contributed by atoms with E-state index in [9.17, 15) is 9.59 Å². The van der Waals surface area contributed by atoms with Crippen molar-refractivity contribution in [1.29, 1.82) is 0 Å². The Morgan fingerprint density at radius 3 is 2.53 bits per heavy atom. The van der Waals surface area contributed by atoms with Crippen LogP contribution < -0.4 is 0 Å². The Labute approximate surface area is 190 Å². The highest BCUT2D eigenvalue weighted by molar-refractivity contribution is 9.10. The fourth-order valence-electron chi connectivity index (χ4n) is 3.59. The molecule has 0 radical (unpaired) electrons. The lowest BCUT2D eigenvalue weighted by Gasteiger charge is -2.21. The zero-order valence-corrected chi connectivity index (χ0v) is 19.8. The monoisotopic (exact) mass is 490 g/mol. The molecule has 30 heavy (non-hydrogen) atoms. The molecule has 1 fully saturated rings. The van der Waals surface area contributed by atoms with E-state index < -0.39 is 0 Å². The molecule has 1 unspecified atom stereocenters. The van der Waals surface area contributed by atoms with Crippen LogP contribution in [0.2, 0.25) is 0 Å². The lowest BCUT2D eigenvalue weighted by atomic mass is 9.99. The average molecular weight is 491 g/mol. The van der Waals surface area contributed by atoms with Gasteiger partial charge in [-0.2, -0.15) is 11.8 Å². The van der Waals surface area contributed by atoms with E-state index in [1.165, 1.54) is 19.8 Å². The molecule has 0 spiro atoms. The average Bonchev–Trinajstić information content (AvgIpc) is 3.52. The van der Waals surface area contributed by atoms with Crippen LogP contribution in [0.5, 0.6) is 0 Å². The van der Waals surface area contributed by atoms with Gasteiger partial charge in [-0.05, 0) is 60.4 Å². The number of aryl methyl sites for hydroxylation is 1. The molecule has 1 aliphatic carbocycles. The van der Waals surface area contributed by atoms with E-state index in [0.717, 1.165) is 41.5 Å². The first-order valence-electron chi connectivity index (χ1n) is 10.1. The number of ether oxygens (including phenoxy) is 2. The predicted molar refractivity (Wildman–Crippen MR) is 124 cm³/mol. The normalized spacial score (nSPS) is 15.3. The predicted octanol–water partition coefficient (Wildman–Crippen LogP) is 5.99. The van der Waals surface area contributed by atoms with E-state index >= 15 is 0 Å². The van der Waals surface area contributed by atoms with Crippen molar-refractivity contribution in [3.63, 3.8) is 0 Å². The van der Waals surface area contributed by atoms with Gasteiger partial charge < -0.3 is 9.47 Å². The van der Waals surface area contributed by atoms with Crippen LogP contribution in [0.15, 0.2) is 53.0 Å². The summed E-state index contributed by atoms with van der Waals surface area (Å²) < 4.78 is 10.9. The maximum atomic E-state index is 12.1. The standard InChI is InChI=1S/C24H27BrO4S/c1-28-22(26)15-24(12-13-24)16-30-21(18-7-5-8-19(25)14-18)11-10-17-6-3-4-9-20(17)23(27)29-2/h3-9,14,21H,10-13,15-16H2,1-2H3. The van der Waals surface area contributed by atoms with E-state index in [4.69, 9.17) is 9.47 Å². The highest BCUT2D eigenvalue weighted by Gasteiger charge is 2.45. The number of rotatable bonds is 10. The van der Waals surface area contributed by atoms with Crippen LogP contribution in [0.25, 0.3) is 0 Å². The third-order valence-electron chi connectivity index (χ3n) is 5.61. The molecule has 2 aromatic carbocycles. The minimum Gasteiger partial charge on any atom is -0.469 e. The highest BCUT2D eigenvalue weighted by Crippen LogP contribution is 2.53. The maximum Gasteiger partial charge on any atom is 0.338 e. The smallest absolute Gasteiger partial charge is 0.338 e. The van der Waals surface area contributed by atoms with Gasteiger partial charge in [0.1, 0.15) is 0 Å². The van der Waals surface area contributed by atoms with E-state index in [1.54, 1.807) is 0 Å². The van der Waals surface area contributed by atoms with E-state index in [0.29, 0.717) is 12.0 Å². The van der Waals surface area contributed by atoms with Gasteiger partial charge in [0.25, 0.3) is 0 Å². The Morgan fingerprint density at radius 1 is 1.10 bits per heavy atom.